The van der Waals surface area contributed by atoms with Crippen molar-refractivity contribution in [1.82, 2.24) is 0 Å². The van der Waals surface area contributed by atoms with Gasteiger partial charge in [0, 0.05) is 23.5 Å². The van der Waals surface area contributed by atoms with Gasteiger partial charge in [0.2, 0.25) is 0 Å². The van der Waals surface area contributed by atoms with Gasteiger partial charge in [-0.2, -0.15) is 0 Å². The van der Waals surface area contributed by atoms with Gasteiger partial charge in [0.05, 0.1) is 0 Å². The fraction of sp³-hybridized carbons (Fsp3) is 0. The molecular weight excluding hydrogens is 254 g/mol. The van der Waals surface area contributed by atoms with Crippen LogP contribution in [0.15, 0.2) is 72.8 Å². The van der Waals surface area contributed by atoms with E-state index >= 15 is 0 Å². The lowest BCUT2D eigenvalue weighted by molar-refractivity contribution is -0.131. The summed E-state index contributed by atoms with van der Waals surface area (Å²) in [4.78, 5) is 24.2. The first kappa shape index (κ1) is 13.5. The first-order chi connectivity index (χ1) is 9.68. The van der Waals surface area contributed by atoms with E-state index < -0.39 is 11.9 Å². The molecule has 0 bridgehead atoms. The Labute approximate surface area is 116 Å². The highest BCUT2D eigenvalue weighted by molar-refractivity contribution is 6.08. The van der Waals surface area contributed by atoms with E-state index in [-0.39, 0.29) is 0 Å². The minimum atomic E-state index is -1.15. The predicted molar refractivity (Wildman–Crippen MR) is 76.8 cm³/mol. The smallest absolute Gasteiger partial charge is 0.328 e. The molecule has 0 saturated carbocycles. The van der Waals surface area contributed by atoms with Crippen LogP contribution in [0.3, 0.4) is 0 Å². The maximum Gasteiger partial charge on any atom is 0.328 e. The third-order valence-corrected chi connectivity index (χ3v) is 2.62. The van der Waals surface area contributed by atoms with Gasteiger partial charge in [0.1, 0.15) is 0 Å². The van der Waals surface area contributed by atoms with Gasteiger partial charge in [-0.05, 0) is 24.3 Å². The average Bonchev–Trinajstić information content (AvgIpc) is 2.48. The minimum Gasteiger partial charge on any atom is -0.478 e. The van der Waals surface area contributed by atoms with E-state index in [2.05, 4.69) is 0 Å². The van der Waals surface area contributed by atoms with Crippen molar-refractivity contribution in [3.63, 3.8) is 0 Å². The summed E-state index contributed by atoms with van der Waals surface area (Å²) in [5.74, 6) is -1.57. The summed E-state index contributed by atoms with van der Waals surface area (Å²) in [5, 5.41) is 8.63. The molecule has 0 fully saturated rings. The van der Waals surface area contributed by atoms with Crippen LogP contribution < -0.4 is 4.90 Å². The molecule has 0 unspecified atom stereocenters. The van der Waals surface area contributed by atoms with Crippen LogP contribution >= 0.6 is 0 Å². The van der Waals surface area contributed by atoms with Crippen LogP contribution in [0.1, 0.15) is 0 Å². The average molecular weight is 267 g/mol. The fourth-order valence-corrected chi connectivity index (χ4v) is 1.77. The molecule has 0 atom stereocenters. The highest BCUT2D eigenvalue weighted by Gasteiger charge is 2.15. The summed E-state index contributed by atoms with van der Waals surface area (Å²) in [6, 6.07) is 18.1. The standard InChI is InChI=1S/C16H13NO3/c18-15(11-12-16(19)20)17(13-7-3-1-4-8-13)14-9-5-2-6-10-14/h1-12H,(H,19,20)/b12-11+. The summed E-state index contributed by atoms with van der Waals surface area (Å²) in [7, 11) is 0. The van der Waals surface area contributed by atoms with Crippen LogP contribution in [-0.4, -0.2) is 17.0 Å². The molecule has 0 spiro atoms. The summed E-state index contributed by atoms with van der Waals surface area (Å²) in [5.41, 5.74) is 1.36. The zero-order valence-corrected chi connectivity index (χ0v) is 10.6. The number of carboxylic acids is 1. The SMILES string of the molecule is O=C(O)/C=C/C(=O)N(c1ccccc1)c1ccccc1. The van der Waals surface area contributed by atoms with E-state index in [1.165, 1.54) is 4.90 Å². The van der Waals surface area contributed by atoms with Crippen molar-refractivity contribution in [1.29, 1.82) is 0 Å². The minimum absolute atomic E-state index is 0.412. The van der Waals surface area contributed by atoms with E-state index in [1.807, 2.05) is 36.4 Å². The highest BCUT2D eigenvalue weighted by atomic mass is 16.4. The number of para-hydroxylation sites is 2. The van der Waals surface area contributed by atoms with Gasteiger partial charge in [0.25, 0.3) is 5.91 Å². The van der Waals surface area contributed by atoms with E-state index in [9.17, 15) is 9.59 Å². The number of carbonyl (C=O) groups is 2. The lowest BCUT2D eigenvalue weighted by Crippen LogP contribution is -2.23. The maximum absolute atomic E-state index is 12.2. The number of carboxylic acid groups (broad SMARTS) is 1. The lowest BCUT2D eigenvalue weighted by Gasteiger charge is -2.21. The number of aliphatic carboxylic acids is 1. The van der Waals surface area contributed by atoms with Gasteiger partial charge in [-0.15, -0.1) is 0 Å². The van der Waals surface area contributed by atoms with E-state index in [0.717, 1.165) is 12.2 Å². The van der Waals surface area contributed by atoms with Gasteiger partial charge in [0.15, 0.2) is 0 Å². The fourth-order valence-electron chi connectivity index (χ4n) is 1.77. The normalized spacial score (nSPS) is 10.4. The zero-order chi connectivity index (χ0) is 14.4. The van der Waals surface area contributed by atoms with Crippen molar-refractivity contribution in [2.24, 2.45) is 0 Å². The lowest BCUT2D eigenvalue weighted by atomic mass is 10.2. The number of nitrogens with zero attached hydrogens (tertiary/aromatic N) is 1. The Balaban J connectivity index is 2.40. The van der Waals surface area contributed by atoms with Gasteiger partial charge in [-0.3, -0.25) is 9.69 Å². The van der Waals surface area contributed by atoms with Crippen molar-refractivity contribution >= 4 is 23.3 Å². The van der Waals surface area contributed by atoms with Gasteiger partial charge < -0.3 is 5.11 Å². The highest BCUT2D eigenvalue weighted by Crippen LogP contribution is 2.25. The van der Waals surface area contributed by atoms with Crippen molar-refractivity contribution in [2.45, 2.75) is 0 Å². The molecular formula is C16H13NO3. The summed E-state index contributed by atoms with van der Waals surface area (Å²) in [6.07, 6.45) is 1.88. The summed E-state index contributed by atoms with van der Waals surface area (Å²) < 4.78 is 0. The van der Waals surface area contributed by atoms with Gasteiger partial charge in [-0.25, -0.2) is 4.79 Å². The molecule has 0 aliphatic rings. The summed E-state index contributed by atoms with van der Waals surface area (Å²) >= 11 is 0. The molecule has 1 amide bonds. The van der Waals surface area contributed by atoms with Crippen LogP contribution in [-0.2, 0) is 9.59 Å². The molecule has 2 aromatic rings. The molecule has 2 aromatic carbocycles. The molecule has 100 valence electrons. The van der Waals surface area contributed by atoms with Crippen molar-refractivity contribution in [3.05, 3.63) is 72.8 Å². The molecule has 0 aliphatic carbocycles. The molecule has 2 rings (SSSR count). The van der Waals surface area contributed by atoms with Gasteiger partial charge >= 0.3 is 5.97 Å². The Morgan fingerprint density at radius 3 is 1.65 bits per heavy atom. The molecule has 0 saturated heterocycles. The van der Waals surface area contributed by atoms with Crippen molar-refractivity contribution in [2.75, 3.05) is 4.90 Å². The van der Waals surface area contributed by atoms with E-state index in [4.69, 9.17) is 5.11 Å². The maximum atomic E-state index is 12.2. The number of carbonyl (C=O) groups excluding carboxylic acids is 1. The largest absolute Gasteiger partial charge is 0.478 e. The second kappa shape index (κ2) is 6.33. The zero-order valence-electron chi connectivity index (χ0n) is 10.6. The first-order valence-electron chi connectivity index (χ1n) is 6.03. The number of amides is 1. The van der Waals surface area contributed by atoms with Crippen LogP contribution in [0.2, 0.25) is 0 Å². The number of benzene rings is 2. The van der Waals surface area contributed by atoms with E-state index in [0.29, 0.717) is 11.4 Å². The Morgan fingerprint density at radius 1 is 0.800 bits per heavy atom. The van der Waals surface area contributed by atoms with Gasteiger partial charge in [-0.1, -0.05) is 36.4 Å². The second-order valence-corrected chi connectivity index (χ2v) is 4.02. The van der Waals surface area contributed by atoms with Crippen LogP contribution in [0.25, 0.3) is 0 Å². The molecule has 20 heavy (non-hydrogen) atoms. The Hall–Kier alpha value is -2.88. The number of rotatable bonds is 4. The quantitative estimate of drug-likeness (QED) is 0.866. The van der Waals surface area contributed by atoms with E-state index in [1.54, 1.807) is 24.3 Å². The molecule has 0 aromatic heterocycles. The number of anilines is 2. The number of hydrogen-bond acceptors (Lipinski definition) is 2. The van der Waals surface area contributed by atoms with Crippen molar-refractivity contribution < 1.29 is 14.7 Å². The molecule has 4 nitrogen and oxygen atoms in total. The first-order valence-corrected chi connectivity index (χ1v) is 6.03. The molecule has 0 heterocycles. The van der Waals surface area contributed by atoms with Crippen LogP contribution in [0.5, 0.6) is 0 Å². The molecule has 1 N–H and O–H groups in total. The molecule has 4 heteroatoms. The monoisotopic (exact) mass is 267 g/mol. The topological polar surface area (TPSA) is 57.6 Å². The Bertz CT molecular complexity index is 581. The Kier molecular flexibility index (Phi) is 4.29. The second-order valence-electron chi connectivity index (χ2n) is 4.02. The molecule has 0 aliphatic heterocycles. The Morgan fingerprint density at radius 2 is 1.25 bits per heavy atom. The predicted octanol–water partition coefficient (Wildman–Crippen LogP) is 2.99. The third kappa shape index (κ3) is 3.32. The van der Waals surface area contributed by atoms with Crippen LogP contribution in [0.4, 0.5) is 11.4 Å². The number of hydrogen-bond donors (Lipinski definition) is 1. The summed E-state index contributed by atoms with van der Waals surface area (Å²) in [6.45, 7) is 0. The molecule has 0 radical (unpaired) electrons. The van der Waals surface area contributed by atoms with Crippen LogP contribution in [0, 0.1) is 0 Å². The third-order valence-electron chi connectivity index (χ3n) is 2.62. The van der Waals surface area contributed by atoms with Crippen molar-refractivity contribution in [3.8, 4) is 0 Å².